The van der Waals surface area contributed by atoms with Crippen LogP contribution in [0.25, 0.3) is 11.0 Å². The molecule has 1 aliphatic rings. The quantitative estimate of drug-likeness (QED) is 0.736. The van der Waals surface area contributed by atoms with Gasteiger partial charge in [-0.05, 0) is 30.7 Å². The third-order valence-corrected chi connectivity index (χ3v) is 4.75. The summed E-state index contributed by atoms with van der Waals surface area (Å²) >= 11 is 0. The molecule has 1 saturated heterocycles. The second kappa shape index (κ2) is 6.37. The van der Waals surface area contributed by atoms with Crippen LogP contribution in [0.3, 0.4) is 0 Å². The predicted octanol–water partition coefficient (Wildman–Crippen LogP) is 2.19. The van der Waals surface area contributed by atoms with Gasteiger partial charge in [-0.25, -0.2) is 4.98 Å². The first-order valence-corrected chi connectivity index (χ1v) is 8.44. The largest absolute Gasteiger partial charge is 0.468 e. The first kappa shape index (κ1) is 15.4. The van der Waals surface area contributed by atoms with Crippen molar-refractivity contribution < 1.29 is 4.42 Å². The van der Waals surface area contributed by atoms with Crippen molar-refractivity contribution in [2.45, 2.75) is 20.0 Å². The molecule has 126 valence electrons. The van der Waals surface area contributed by atoms with Gasteiger partial charge in [-0.15, -0.1) is 0 Å². The molecule has 0 radical (unpaired) electrons. The molecule has 0 saturated carbocycles. The second-order valence-electron chi connectivity index (χ2n) is 6.56. The molecule has 0 bridgehead atoms. The molecule has 0 N–H and O–H groups in total. The van der Waals surface area contributed by atoms with Crippen LogP contribution in [0, 0.1) is 6.92 Å². The fourth-order valence-electron chi connectivity index (χ4n) is 3.42. The lowest BCUT2D eigenvalue weighted by atomic mass is 10.2. The minimum absolute atomic E-state index is 0.906. The van der Waals surface area contributed by atoms with E-state index >= 15 is 0 Å². The summed E-state index contributed by atoms with van der Waals surface area (Å²) in [6.07, 6.45) is 3.73. The van der Waals surface area contributed by atoms with Crippen LogP contribution >= 0.6 is 0 Å². The number of aryl methyl sites for hydroxylation is 2. The Morgan fingerprint density at radius 1 is 1.12 bits per heavy atom. The van der Waals surface area contributed by atoms with Crippen LogP contribution < -0.4 is 0 Å². The molecule has 3 aromatic heterocycles. The molecule has 6 heteroatoms. The van der Waals surface area contributed by atoms with Gasteiger partial charge >= 0.3 is 0 Å². The average Bonchev–Trinajstić information content (AvgIpc) is 3.18. The van der Waals surface area contributed by atoms with Crippen molar-refractivity contribution in [3.63, 3.8) is 0 Å². The molecular formula is C18H23N5O. The van der Waals surface area contributed by atoms with Gasteiger partial charge in [0.2, 0.25) is 0 Å². The Morgan fingerprint density at radius 3 is 2.58 bits per heavy atom. The highest BCUT2D eigenvalue weighted by Crippen LogP contribution is 2.18. The zero-order valence-corrected chi connectivity index (χ0v) is 14.3. The Kier molecular flexibility index (Phi) is 4.08. The number of hydrogen-bond donors (Lipinski definition) is 0. The van der Waals surface area contributed by atoms with E-state index in [2.05, 4.69) is 25.9 Å². The fraction of sp³-hybridized carbons (Fsp3) is 0.444. The maximum absolute atomic E-state index is 5.44. The van der Waals surface area contributed by atoms with Crippen molar-refractivity contribution in [3.8, 4) is 0 Å². The molecule has 4 heterocycles. The normalized spacial score (nSPS) is 16.9. The number of aromatic nitrogens is 3. The SMILES string of the molecule is Cc1nn(C)c2ncc(CN3CCN(Cc4ccco4)CC3)cc12. The summed E-state index contributed by atoms with van der Waals surface area (Å²) in [6, 6.07) is 6.23. The van der Waals surface area contributed by atoms with E-state index in [1.807, 2.05) is 37.0 Å². The number of furan rings is 1. The minimum Gasteiger partial charge on any atom is -0.468 e. The summed E-state index contributed by atoms with van der Waals surface area (Å²) in [5.74, 6) is 1.05. The number of piperazine rings is 1. The zero-order chi connectivity index (χ0) is 16.5. The molecule has 3 aromatic rings. The van der Waals surface area contributed by atoms with Crippen molar-refractivity contribution in [2.24, 2.45) is 7.05 Å². The summed E-state index contributed by atoms with van der Waals surface area (Å²) in [7, 11) is 1.94. The Hall–Kier alpha value is -2.18. The molecule has 0 unspecified atom stereocenters. The highest BCUT2D eigenvalue weighted by atomic mass is 16.3. The van der Waals surface area contributed by atoms with Crippen molar-refractivity contribution in [3.05, 3.63) is 47.7 Å². The topological polar surface area (TPSA) is 50.3 Å². The van der Waals surface area contributed by atoms with Crippen LogP contribution in [-0.2, 0) is 20.1 Å². The van der Waals surface area contributed by atoms with E-state index in [0.717, 1.165) is 61.8 Å². The van der Waals surface area contributed by atoms with Crippen LogP contribution in [0.15, 0.2) is 35.1 Å². The lowest BCUT2D eigenvalue weighted by Gasteiger charge is -2.34. The smallest absolute Gasteiger partial charge is 0.157 e. The molecule has 4 rings (SSSR count). The molecule has 0 aromatic carbocycles. The van der Waals surface area contributed by atoms with Gasteiger partial charge in [-0.1, -0.05) is 0 Å². The molecule has 6 nitrogen and oxygen atoms in total. The van der Waals surface area contributed by atoms with Crippen LogP contribution in [0.4, 0.5) is 0 Å². The standard InChI is InChI=1S/C18H23N5O/c1-14-17-10-15(11-19-18(17)21(2)20-14)12-22-5-7-23(8-6-22)13-16-4-3-9-24-16/h3-4,9-11H,5-8,12-13H2,1-2H3. The molecule has 24 heavy (non-hydrogen) atoms. The lowest BCUT2D eigenvalue weighted by Crippen LogP contribution is -2.45. The summed E-state index contributed by atoms with van der Waals surface area (Å²) in [4.78, 5) is 9.52. The van der Waals surface area contributed by atoms with E-state index in [0.29, 0.717) is 0 Å². The molecule has 0 atom stereocenters. The zero-order valence-electron chi connectivity index (χ0n) is 14.3. The average molecular weight is 325 g/mol. The van der Waals surface area contributed by atoms with Crippen LogP contribution in [0.1, 0.15) is 17.0 Å². The van der Waals surface area contributed by atoms with E-state index in [1.165, 1.54) is 5.56 Å². The van der Waals surface area contributed by atoms with Crippen molar-refractivity contribution >= 4 is 11.0 Å². The third-order valence-electron chi connectivity index (χ3n) is 4.75. The number of rotatable bonds is 4. The predicted molar refractivity (Wildman–Crippen MR) is 92.5 cm³/mol. The molecule has 1 aliphatic heterocycles. The summed E-state index contributed by atoms with van der Waals surface area (Å²) in [6.45, 7) is 8.19. The molecule has 0 spiro atoms. The number of pyridine rings is 1. The van der Waals surface area contributed by atoms with Crippen LogP contribution in [0.5, 0.6) is 0 Å². The summed E-state index contributed by atoms with van der Waals surface area (Å²) in [5, 5.41) is 5.61. The summed E-state index contributed by atoms with van der Waals surface area (Å²) < 4.78 is 7.29. The molecule has 1 fully saturated rings. The van der Waals surface area contributed by atoms with Crippen molar-refractivity contribution in [1.29, 1.82) is 0 Å². The lowest BCUT2D eigenvalue weighted by molar-refractivity contribution is 0.116. The van der Waals surface area contributed by atoms with E-state index in [1.54, 1.807) is 6.26 Å². The Labute approximate surface area is 141 Å². The van der Waals surface area contributed by atoms with Crippen molar-refractivity contribution in [1.82, 2.24) is 24.6 Å². The van der Waals surface area contributed by atoms with Crippen LogP contribution in [0.2, 0.25) is 0 Å². The van der Waals surface area contributed by atoms with E-state index in [4.69, 9.17) is 4.42 Å². The van der Waals surface area contributed by atoms with E-state index < -0.39 is 0 Å². The van der Waals surface area contributed by atoms with Crippen molar-refractivity contribution in [2.75, 3.05) is 26.2 Å². The van der Waals surface area contributed by atoms with Gasteiger partial charge in [0.1, 0.15) is 5.76 Å². The monoisotopic (exact) mass is 325 g/mol. The van der Waals surface area contributed by atoms with Gasteiger partial charge in [0.15, 0.2) is 5.65 Å². The first-order valence-electron chi connectivity index (χ1n) is 8.44. The molecular weight excluding hydrogens is 302 g/mol. The fourth-order valence-corrected chi connectivity index (χ4v) is 3.42. The Bertz CT molecular complexity index is 815. The van der Waals surface area contributed by atoms with Gasteiger partial charge in [0.25, 0.3) is 0 Å². The molecule has 0 aliphatic carbocycles. The first-order chi connectivity index (χ1) is 11.7. The van der Waals surface area contributed by atoms with Gasteiger partial charge in [0.05, 0.1) is 18.5 Å². The maximum atomic E-state index is 5.44. The van der Waals surface area contributed by atoms with Gasteiger partial charge in [0, 0.05) is 51.4 Å². The number of nitrogens with zero attached hydrogens (tertiary/aromatic N) is 5. The molecule has 0 amide bonds. The summed E-state index contributed by atoms with van der Waals surface area (Å²) in [5.41, 5.74) is 3.27. The van der Waals surface area contributed by atoms with E-state index in [-0.39, 0.29) is 0 Å². The maximum Gasteiger partial charge on any atom is 0.157 e. The third kappa shape index (κ3) is 3.07. The van der Waals surface area contributed by atoms with Gasteiger partial charge in [-0.3, -0.25) is 14.5 Å². The van der Waals surface area contributed by atoms with Gasteiger partial charge in [-0.2, -0.15) is 5.10 Å². The number of hydrogen-bond acceptors (Lipinski definition) is 5. The minimum atomic E-state index is 0.906. The van der Waals surface area contributed by atoms with Gasteiger partial charge < -0.3 is 4.42 Å². The second-order valence-corrected chi connectivity index (χ2v) is 6.56. The van der Waals surface area contributed by atoms with Crippen LogP contribution in [-0.4, -0.2) is 50.7 Å². The number of fused-ring (bicyclic) bond motifs is 1. The Balaban J connectivity index is 1.37. The Morgan fingerprint density at radius 2 is 1.88 bits per heavy atom. The van der Waals surface area contributed by atoms with E-state index in [9.17, 15) is 0 Å². The highest BCUT2D eigenvalue weighted by molar-refractivity contribution is 5.78. The highest BCUT2D eigenvalue weighted by Gasteiger charge is 2.18.